The molecule has 7 nitrogen and oxygen atoms in total. The molecule has 2 N–H and O–H groups in total. The number of aromatic amines is 1. The van der Waals surface area contributed by atoms with Crippen molar-refractivity contribution in [1.29, 1.82) is 0 Å². The quantitative estimate of drug-likeness (QED) is 0.813. The Morgan fingerprint density at radius 3 is 2.44 bits per heavy atom. The van der Waals surface area contributed by atoms with Crippen LogP contribution in [0.15, 0.2) is 14.1 Å². The van der Waals surface area contributed by atoms with Gasteiger partial charge in [-0.2, -0.15) is 0 Å². The molecule has 0 aliphatic heterocycles. The molecule has 1 heterocycles. The van der Waals surface area contributed by atoms with E-state index in [-0.39, 0.29) is 10.3 Å². The number of carbonyl (C=O) groups excluding carboxylic acids is 1. The summed E-state index contributed by atoms with van der Waals surface area (Å²) in [6.07, 6.45) is -0.746. The van der Waals surface area contributed by atoms with Gasteiger partial charge < -0.3 is 4.74 Å². The average Bonchev–Trinajstić information content (AvgIpc) is 2.19. The van der Waals surface area contributed by atoms with Crippen molar-refractivity contribution in [3.05, 3.63) is 25.3 Å². The molecule has 1 rings (SSSR count). The minimum absolute atomic E-state index is 0.0398. The van der Waals surface area contributed by atoms with Crippen molar-refractivity contribution < 1.29 is 9.53 Å². The Hall–Kier alpha value is -1.57. The predicted octanol–water partition coefficient (Wildman–Crippen LogP) is 1.18. The number of aromatic nitrogens is 2. The van der Waals surface area contributed by atoms with E-state index >= 15 is 0 Å². The van der Waals surface area contributed by atoms with Crippen molar-refractivity contribution >= 4 is 27.8 Å². The maximum atomic E-state index is 11.6. The minimum Gasteiger partial charge on any atom is -0.444 e. The van der Waals surface area contributed by atoms with Crippen molar-refractivity contribution in [3.63, 3.8) is 0 Å². The van der Waals surface area contributed by atoms with Crippen molar-refractivity contribution in [2.45, 2.75) is 26.4 Å². The molecule has 0 saturated carbocycles. The van der Waals surface area contributed by atoms with Gasteiger partial charge in [0.15, 0.2) is 0 Å². The van der Waals surface area contributed by atoms with Crippen LogP contribution in [-0.2, 0) is 11.8 Å². The molecule has 18 heavy (non-hydrogen) atoms. The third-order valence-corrected chi connectivity index (χ3v) is 2.62. The van der Waals surface area contributed by atoms with Gasteiger partial charge in [-0.15, -0.1) is 0 Å². The second-order valence-corrected chi connectivity index (χ2v) is 5.40. The number of anilines is 1. The van der Waals surface area contributed by atoms with Crippen molar-refractivity contribution in [2.75, 3.05) is 5.32 Å². The summed E-state index contributed by atoms with van der Waals surface area (Å²) in [7, 11) is 1.41. The number of amides is 1. The molecule has 0 saturated heterocycles. The lowest BCUT2D eigenvalue weighted by atomic mass is 10.2. The Bertz CT molecular complexity index is 548. The monoisotopic (exact) mass is 319 g/mol. The summed E-state index contributed by atoms with van der Waals surface area (Å²) >= 11 is 3.00. The molecule has 8 heteroatoms. The van der Waals surface area contributed by atoms with Gasteiger partial charge in [0.05, 0.1) is 0 Å². The maximum absolute atomic E-state index is 11.6. The number of nitrogens with one attached hydrogen (secondary N) is 2. The van der Waals surface area contributed by atoms with Crippen molar-refractivity contribution in [2.24, 2.45) is 7.05 Å². The molecule has 0 atom stereocenters. The molecule has 1 amide bonds. The standard InChI is InChI=1S/C10H14BrN3O4/c1-10(2,3)18-9(17)12-6-5(11)7(15)13-8(16)14(6)4/h1-4H3,(H,12,17)(H,13,15,16). The van der Waals surface area contributed by atoms with Gasteiger partial charge in [0.1, 0.15) is 15.9 Å². The molecule has 1 aromatic heterocycles. The van der Waals surface area contributed by atoms with Crippen LogP contribution >= 0.6 is 15.9 Å². The van der Waals surface area contributed by atoms with Gasteiger partial charge in [-0.3, -0.25) is 19.7 Å². The summed E-state index contributed by atoms with van der Waals surface area (Å²) in [5.41, 5.74) is -1.92. The summed E-state index contributed by atoms with van der Waals surface area (Å²) in [6, 6.07) is 0. The van der Waals surface area contributed by atoms with E-state index < -0.39 is 22.9 Å². The van der Waals surface area contributed by atoms with E-state index in [4.69, 9.17) is 4.74 Å². The summed E-state index contributed by atoms with van der Waals surface area (Å²) in [6.45, 7) is 5.12. The van der Waals surface area contributed by atoms with Crippen LogP contribution in [-0.4, -0.2) is 21.2 Å². The fraction of sp³-hybridized carbons (Fsp3) is 0.500. The Kier molecular flexibility index (Phi) is 4.00. The van der Waals surface area contributed by atoms with Crippen LogP contribution in [0.5, 0.6) is 0 Å². The van der Waals surface area contributed by atoms with Crippen LogP contribution in [0.3, 0.4) is 0 Å². The van der Waals surface area contributed by atoms with Crippen LogP contribution in [0.4, 0.5) is 10.6 Å². The van der Waals surface area contributed by atoms with Gasteiger partial charge in [0.2, 0.25) is 0 Å². The molecule has 0 unspecified atom stereocenters. The average molecular weight is 320 g/mol. The molecule has 0 radical (unpaired) electrons. The van der Waals surface area contributed by atoms with Gasteiger partial charge in [0.25, 0.3) is 5.56 Å². The topological polar surface area (TPSA) is 93.2 Å². The van der Waals surface area contributed by atoms with Crippen LogP contribution in [0.2, 0.25) is 0 Å². The lowest BCUT2D eigenvalue weighted by molar-refractivity contribution is 0.0634. The number of H-pyrrole nitrogens is 1. The van der Waals surface area contributed by atoms with Gasteiger partial charge in [-0.1, -0.05) is 0 Å². The van der Waals surface area contributed by atoms with E-state index in [1.165, 1.54) is 7.05 Å². The van der Waals surface area contributed by atoms with Gasteiger partial charge in [-0.25, -0.2) is 9.59 Å². The molecule has 100 valence electrons. The first-order valence-electron chi connectivity index (χ1n) is 5.10. The number of nitrogens with zero attached hydrogens (tertiary/aromatic N) is 1. The van der Waals surface area contributed by atoms with Gasteiger partial charge in [0, 0.05) is 7.05 Å². The predicted molar refractivity (Wildman–Crippen MR) is 69.9 cm³/mol. The smallest absolute Gasteiger partial charge is 0.413 e. The van der Waals surface area contributed by atoms with Crippen LogP contribution in [0, 0.1) is 0 Å². The number of rotatable bonds is 1. The second kappa shape index (κ2) is 4.97. The van der Waals surface area contributed by atoms with Crippen molar-refractivity contribution in [3.8, 4) is 0 Å². The van der Waals surface area contributed by atoms with Crippen LogP contribution in [0.25, 0.3) is 0 Å². The summed E-state index contributed by atoms with van der Waals surface area (Å²) in [5.74, 6) is 0.0398. The number of carbonyl (C=O) groups is 1. The Balaban J connectivity index is 3.09. The summed E-state index contributed by atoms with van der Waals surface area (Å²) in [5, 5.41) is 2.35. The highest BCUT2D eigenvalue weighted by atomic mass is 79.9. The number of hydrogen-bond donors (Lipinski definition) is 2. The highest BCUT2D eigenvalue weighted by Gasteiger charge is 2.19. The zero-order chi connectivity index (χ0) is 14.1. The minimum atomic E-state index is -0.746. The van der Waals surface area contributed by atoms with E-state index in [1.54, 1.807) is 20.8 Å². The molecule has 0 spiro atoms. The molecular formula is C10H14BrN3O4. The lowest BCUT2D eigenvalue weighted by Crippen LogP contribution is -2.34. The fourth-order valence-electron chi connectivity index (χ4n) is 1.13. The molecule has 0 fully saturated rings. The molecule has 0 aromatic carbocycles. The lowest BCUT2D eigenvalue weighted by Gasteiger charge is -2.20. The van der Waals surface area contributed by atoms with Crippen LogP contribution < -0.4 is 16.6 Å². The SMILES string of the molecule is Cn1c(NC(=O)OC(C)(C)C)c(Br)c(=O)[nH]c1=O. The van der Waals surface area contributed by atoms with E-state index in [0.717, 1.165) is 4.57 Å². The Morgan fingerprint density at radius 2 is 1.94 bits per heavy atom. The van der Waals surface area contributed by atoms with E-state index in [2.05, 4.69) is 26.2 Å². The molecule has 0 aliphatic rings. The van der Waals surface area contributed by atoms with E-state index in [0.29, 0.717) is 0 Å². The molecule has 1 aromatic rings. The number of halogens is 1. The largest absolute Gasteiger partial charge is 0.444 e. The number of hydrogen-bond acceptors (Lipinski definition) is 4. The summed E-state index contributed by atoms with van der Waals surface area (Å²) in [4.78, 5) is 36.4. The zero-order valence-corrected chi connectivity index (χ0v) is 12.0. The molecule has 0 aliphatic carbocycles. The van der Waals surface area contributed by atoms with E-state index in [1.807, 2.05) is 0 Å². The maximum Gasteiger partial charge on any atom is 0.413 e. The van der Waals surface area contributed by atoms with Gasteiger partial charge in [-0.05, 0) is 36.7 Å². The fourth-order valence-corrected chi connectivity index (χ4v) is 1.60. The Morgan fingerprint density at radius 1 is 1.39 bits per heavy atom. The normalized spacial score (nSPS) is 11.2. The second-order valence-electron chi connectivity index (χ2n) is 4.61. The third-order valence-electron chi connectivity index (χ3n) is 1.89. The molecular weight excluding hydrogens is 306 g/mol. The highest BCUT2D eigenvalue weighted by molar-refractivity contribution is 9.10. The first kappa shape index (κ1) is 14.5. The van der Waals surface area contributed by atoms with Crippen LogP contribution in [0.1, 0.15) is 20.8 Å². The van der Waals surface area contributed by atoms with Gasteiger partial charge >= 0.3 is 11.8 Å². The zero-order valence-electron chi connectivity index (χ0n) is 10.5. The first-order chi connectivity index (χ1) is 8.11. The number of ether oxygens (including phenoxy) is 1. The Labute approximate surface area is 111 Å². The van der Waals surface area contributed by atoms with E-state index in [9.17, 15) is 14.4 Å². The first-order valence-corrected chi connectivity index (χ1v) is 5.90. The van der Waals surface area contributed by atoms with Crippen molar-refractivity contribution in [1.82, 2.24) is 9.55 Å². The summed E-state index contributed by atoms with van der Waals surface area (Å²) < 4.78 is 6.18. The highest BCUT2D eigenvalue weighted by Crippen LogP contribution is 2.16. The molecule has 0 bridgehead atoms. The third kappa shape index (κ3) is 3.46.